The lowest BCUT2D eigenvalue weighted by Gasteiger charge is -2.05. The van der Waals surface area contributed by atoms with Gasteiger partial charge in [-0.1, -0.05) is 0 Å². The van der Waals surface area contributed by atoms with Gasteiger partial charge in [0.2, 0.25) is 17.4 Å². The normalized spacial score (nSPS) is 14.2. The van der Waals surface area contributed by atoms with E-state index in [1.54, 1.807) is 19.4 Å². The van der Waals surface area contributed by atoms with Gasteiger partial charge in [-0.3, -0.25) is 4.99 Å². The molecule has 1 aliphatic rings. The first-order valence-corrected chi connectivity index (χ1v) is 7.74. The van der Waals surface area contributed by atoms with Crippen LogP contribution in [-0.4, -0.2) is 41.9 Å². The molecule has 126 valence electrons. The summed E-state index contributed by atoms with van der Waals surface area (Å²) in [6.45, 7) is 5.23. The summed E-state index contributed by atoms with van der Waals surface area (Å²) in [6.07, 6.45) is 4.95. The van der Waals surface area contributed by atoms with Crippen LogP contribution in [0, 0.1) is 0 Å². The zero-order valence-corrected chi connectivity index (χ0v) is 14.0. The molecule has 8 heteroatoms. The van der Waals surface area contributed by atoms with Crippen LogP contribution in [0.5, 0.6) is 11.6 Å². The Hall–Kier alpha value is -2.90. The average Bonchev–Trinajstić information content (AvgIpc) is 2.90. The van der Waals surface area contributed by atoms with Crippen molar-refractivity contribution in [3.63, 3.8) is 0 Å². The van der Waals surface area contributed by atoms with E-state index in [9.17, 15) is 0 Å². The van der Waals surface area contributed by atoms with Gasteiger partial charge in [0.25, 0.3) is 5.82 Å². The molecule has 0 aliphatic carbocycles. The maximum absolute atomic E-state index is 5.80. The molecule has 2 aromatic heterocycles. The third-order valence-corrected chi connectivity index (χ3v) is 3.54. The average molecular weight is 329 g/mol. The molecule has 24 heavy (non-hydrogen) atoms. The number of hydrogen-bond donors (Lipinski definition) is 2. The number of methoxy groups -OCH3 is 1. The van der Waals surface area contributed by atoms with Crippen molar-refractivity contribution in [1.29, 1.82) is 0 Å². The number of amidine groups is 1. The standard InChI is InChI=1S/C16H20N6O2/c1-10(2)20-15(19-9-17)12-8-22-4-5-24-13-6-14(23-3)18-7-11(13)16(22)21-12/h6-10H,4-5H2,1-3H3,(H2,17,19,20)/p+1. The molecule has 0 aromatic carbocycles. The van der Waals surface area contributed by atoms with Crippen molar-refractivity contribution in [3.8, 4) is 23.0 Å². The Morgan fingerprint density at radius 3 is 3.08 bits per heavy atom. The van der Waals surface area contributed by atoms with E-state index in [1.165, 1.54) is 6.34 Å². The fourth-order valence-electron chi connectivity index (χ4n) is 2.53. The predicted molar refractivity (Wildman–Crippen MR) is 90.6 cm³/mol. The number of ether oxygens (including phenoxy) is 2. The second kappa shape index (κ2) is 6.69. The number of nitrogens with zero attached hydrogens (tertiary/aromatic N) is 4. The van der Waals surface area contributed by atoms with Crippen LogP contribution in [0.2, 0.25) is 0 Å². The Morgan fingerprint density at radius 2 is 2.38 bits per heavy atom. The third kappa shape index (κ3) is 3.08. The Kier molecular flexibility index (Phi) is 4.45. The molecule has 0 bridgehead atoms. The number of nitrogens with one attached hydrogen (secondary N) is 1. The molecular weight excluding hydrogens is 308 g/mol. The molecule has 0 radical (unpaired) electrons. The predicted octanol–water partition coefficient (Wildman–Crippen LogP) is 0.907. The number of H-pyrrole nitrogens is 1. The molecule has 0 saturated heterocycles. The molecule has 8 nitrogen and oxygen atoms in total. The first-order valence-electron chi connectivity index (χ1n) is 7.74. The van der Waals surface area contributed by atoms with Gasteiger partial charge in [0, 0.05) is 12.1 Å². The number of fused-ring (bicyclic) bond motifs is 3. The summed E-state index contributed by atoms with van der Waals surface area (Å²) in [5, 5.41) is 0. The number of aliphatic imine (C=N–C) groups is 2. The zero-order chi connectivity index (χ0) is 17.1. The van der Waals surface area contributed by atoms with Crippen molar-refractivity contribution in [1.82, 2.24) is 9.97 Å². The van der Waals surface area contributed by atoms with Gasteiger partial charge in [-0.2, -0.15) is 0 Å². The highest BCUT2D eigenvalue weighted by Gasteiger charge is 2.27. The number of aromatic nitrogens is 3. The van der Waals surface area contributed by atoms with E-state index < -0.39 is 0 Å². The summed E-state index contributed by atoms with van der Waals surface area (Å²) in [6, 6.07) is 1.89. The third-order valence-electron chi connectivity index (χ3n) is 3.54. The van der Waals surface area contributed by atoms with Crippen LogP contribution in [0.1, 0.15) is 19.5 Å². The van der Waals surface area contributed by atoms with Crippen LogP contribution in [0.25, 0.3) is 11.4 Å². The van der Waals surface area contributed by atoms with Crippen molar-refractivity contribution in [2.24, 2.45) is 15.7 Å². The molecule has 0 fully saturated rings. The first kappa shape index (κ1) is 16.0. The van der Waals surface area contributed by atoms with E-state index in [2.05, 4.69) is 24.5 Å². The highest BCUT2D eigenvalue weighted by molar-refractivity contribution is 6.01. The van der Waals surface area contributed by atoms with Crippen molar-refractivity contribution in [3.05, 3.63) is 24.2 Å². The molecule has 0 atom stereocenters. The maximum Gasteiger partial charge on any atom is 0.292 e. The fourth-order valence-corrected chi connectivity index (χ4v) is 2.53. The molecule has 1 aliphatic heterocycles. The smallest absolute Gasteiger partial charge is 0.292 e. The minimum absolute atomic E-state index is 0.110. The van der Waals surface area contributed by atoms with Crippen molar-refractivity contribution >= 4 is 12.2 Å². The number of nitrogens with two attached hydrogens (primary N) is 1. The Bertz CT molecular complexity index is 794. The molecule has 3 N–H and O–H groups in total. The molecular formula is C16H21N6O2+. The Labute approximate surface area is 140 Å². The number of imidazole rings is 1. The second-order valence-electron chi connectivity index (χ2n) is 5.61. The van der Waals surface area contributed by atoms with Gasteiger partial charge in [0.1, 0.15) is 30.7 Å². The summed E-state index contributed by atoms with van der Waals surface area (Å²) < 4.78 is 13.0. The van der Waals surface area contributed by atoms with Gasteiger partial charge in [0.05, 0.1) is 19.6 Å². The van der Waals surface area contributed by atoms with Crippen LogP contribution in [-0.2, 0) is 6.54 Å². The molecule has 0 saturated carbocycles. The van der Waals surface area contributed by atoms with Crippen LogP contribution in [0.15, 0.2) is 28.4 Å². The van der Waals surface area contributed by atoms with Gasteiger partial charge in [-0.15, -0.1) is 0 Å². The Morgan fingerprint density at radius 1 is 1.54 bits per heavy atom. The number of aromatic amines is 1. The summed E-state index contributed by atoms with van der Waals surface area (Å²) >= 11 is 0. The summed E-state index contributed by atoms with van der Waals surface area (Å²) in [5.41, 5.74) is 7.12. The fraction of sp³-hybridized carbons (Fsp3) is 0.375. The summed E-state index contributed by atoms with van der Waals surface area (Å²) in [7, 11) is 1.58. The molecule has 3 heterocycles. The zero-order valence-electron chi connectivity index (χ0n) is 14.0. The van der Waals surface area contributed by atoms with Crippen molar-refractivity contribution in [2.75, 3.05) is 13.7 Å². The topological polar surface area (TPSA) is 102 Å². The largest absolute Gasteiger partial charge is 0.488 e. The van der Waals surface area contributed by atoms with Crippen molar-refractivity contribution in [2.45, 2.75) is 26.4 Å². The molecule has 0 spiro atoms. The van der Waals surface area contributed by atoms with E-state index in [1.807, 2.05) is 20.0 Å². The summed E-state index contributed by atoms with van der Waals surface area (Å²) in [4.78, 5) is 16.3. The van der Waals surface area contributed by atoms with E-state index >= 15 is 0 Å². The highest BCUT2D eigenvalue weighted by Crippen LogP contribution is 2.31. The second-order valence-corrected chi connectivity index (χ2v) is 5.61. The number of pyridine rings is 1. The lowest BCUT2D eigenvalue weighted by molar-refractivity contribution is -0.684. The minimum atomic E-state index is 0.110. The van der Waals surface area contributed by atoms with Crippen LogP contribution >= 0.6 is 0 Å². The van der Waals surface area contributed by atoms with Crippen LogP contribution in [0.3, 0.4) is 0 Å². The van der Waals surface area contributed by atoms with Gasteiger partial charge < -0.3 is 15.2 Å². The minimum Gasteiger partial charge on any atom is -0.488 e. The molecule has 0 unspecified atom stereocenters. The van der Waals surface area contributed by atoms with Crippen LogP contribution < -0.4 is 19.8 Å². The van der Waals surface area contributed by atoms with E-state index in [4.69, 9.17) is 15.2 Å². The van der Waals surface area contributed by atoms with Gasteiger partial charge in [-0.05, 0) is 13.8 Å². The maximum atomic E-state index is 5.80. The number of rotatable bonds is 3. The molecule has 2 aromatic rings. The van der Waals surface area contributed by atoms with E-state index in [0.717, 1.165) is 22.8 Å². The molecule has 0 amide bonds. The van der Waals surface area contributed by atoms with Crippen LogP contribution in [0.4, 0.5) is 0 Å². The molecule has 3 rings (SSSR count). The van der Waals surface area contributed by atoms with E-state index in [-0.39, 0.29) is 6.04 Å². The van der Waals surface area contributed by atoms with Gasteiger partial charge in [-0.25, -0.2) is 19.5 Å². The summed E-state index contributed by atoms with van der Waals surface area (Å²) in [5.74, 6) is 2.70. The first-order chi connectivity index (χ1) is 11.6. The monoisotopic (exact) mass is 329 g/mol. The van der Waals surface area contributed by atoms with Gasteiger partial charge >= 0.3 is 0 Å². The quantitative estimate of drug-likeness (QED) is 0.496. The SMILES string of the molecule is COc1cc2c(cn1)-c1[nH]c(C(N=CN)=NC(C)C)c[n+]1CCO2. The van der Waals surface area contributed by atoms with E-state index in [0.29, 0.717) is 24.9 Å². The Balaban J connectivity index is 2.09. The lowest BCUT2D eigenvalue weighted by Crippen LogP contribution is -2.35. The number of hydrogen-bond acceptors (Lipinski definition) is 4. The highest BCUT2D eigenvalue weighted by atomic mass is 16.5. The lowest BCUT2D eigenvalue weighted by atomic mass is 10.2. The van der Waals surface area contributed by atoms with Crippen molar-refractivity contribution < 1.29 is 14.0 Å². The van der Waals surface area contributed by atoms with Gasteiger partial charge in [0.15, 0.2) is 0 Å².